The summed E-state index contributed by atoms with van der Waals surface area (Å²) in [6.07, 6.45) is -3.18. The van der Waals surface area contributed by atoms with Gasteiger partial charge < -0.3 is 0 Å². The van der Waals surface area contributed by atoms with Gasteiger partial charge in [-0.15, -0.1) is 0 Å². The summed E-state index contributed by atoms with van der Waals surface area (Å²) in [5.41, 5.74) is -0.776. The van der Waals surface area contributed by atoms with E-state index in [4.69, 9.17) is 16.9 Å². The molecule has 0 aliphatic heterocycles. The van der Waals surface area contributed by atoms with Crippen LogP contribution in [-0.2, 0) is 6.42 Å². The van der Waals surface area contributed by atoms with Gasteiger partial charge in [0.1, 0.15) is 5.69 Å². The molecule has 2 nitrogen and oxygen atoms in total. The van der Waals surface area contributed by atoms with Crippen molar-refractivity contribution in [2.24, 2.45) is 0 Å². The zero-order valence-electron chi connectivity index (χ0n) is 6.77. The molecule has 0 spiro atoms. The Morgan fingerprint density at radius 1 is 1.57 bits per heavy atom. The van der Waals surface area contributed by atoms with E-state index in [9.17, 15) is 13.2 Å². The topological polar surface area (TPSA) is 36.7 Å². The third kappa shape index (κ3) is 2.15. The van der Waals surface area contributed by atoms with E-state index < -0.39 is 23.1 Å². The summed E-state index contributed by atoms with van der Waals surface area (Å²) in [6, 6.07) is 2.45. The van der Waals surface area contributed by atoms with Crippen LogP contribution in [0.2, 0.25) is 5.15 Å². The van der Waals surface area contributed by atoms with Gasteiger partial charge >= 0.3 is 0 Å². The van der Waals surface area contributed by atoms with Gasteiger partial charge in [-0.2, -0.15) is 5.26 Å². The van der Waals surface area contributed by atoms with Crippen molar-refractivity contribution in [1.82, 2.24) is 4.98 Å². The molecule has 1 aromatic heterocycles. The van der Waals surface area contributed by atoms with Crippen molar-refractivity contribution in [3.63, 3.8) is 0 Å². The molecule has 0 fully saturated rings. The first kappa shape index (κ1) is 10.8. The van der Waals surface area contributed by atoms with Crippen molar-refractivity contribution >= 4 is 11.6 Å². The molecule has 0 amide bonds. The van der Waals surface area contributed by atoms with Gasteiger partial charge in [0, 0.05) is 0 Å². The van der Waals surface area contributed by atoms with Crippen LogP contribution in [0.1, 0.15) is 17.7 Å². The lowest BCUT2D eigenvalue weighted by Crippen LogP contribution is -2.00. The van der Waals surface area contributed by atoms with E-state index in [1.807, 2.05) is 0 Å². The van der Waals surface area contributed by atoms with Crippen LogP contribution in [0.3, 0.4) is 0 Å². The number of hydrogen-bond donors (Lipinski definition) is 0. The molecular weight excluding hydrogens is 217 g/mol. The van der Waals surface area contributed by atoms with Gasteiger partial charge in [0.15, 0.2) is 11.0 Å². The second-order valence-corrected chi connectivity index (χ2v) is 2.80. The van der Waals surface area contributed by atoms with Crippen LogP contribution in [0.5, 0.6) is 0 Å². The molecule has 1 heterocycles. The molecule has 0 saturated carbocycles. The maximum absolute atomic E-state index is 12.8. The molecule has 0 saturated heterocycles. The first-order chi connectivity index (χ1) is 6.56. The zero-order valence-corrected chi connectivity index (χ0v) is 7.52. The Morgan fingerprint density at radius 2 is 2.21 bits per heavy atom. The molecule has 1 aromatic rings. The minimum atomic E-state index is -2.86. The number of nitriles is 1. The van der Waals surface area contributed by atoms with Gasteiger partial charge in [-0.05, 0) is 11.6 Å². The summed E-state index contributed by atoms with van der Waals surface area (Å²) < 4.78 is 37.4. The van der Waals surface area contributed by atoms with Crippen molar-refractivity contribution in [2.45, 2.75) is 12.8 Å². The van der Waals surface area contributed by atoms with E-state index in [2.05, 4.69) is 4.98 Å². The van der Waals surface area contributed by atoms with Crippen molar-refractivity contribution in [3.8, 4) is 6.07 Å². The Morgan fingerprint density at radius 3 is 2.71 bits per heavy atom. The fraction of sp³-hybridized carbons (Fsp3) is 0.250. The van der Waals surface area contributed by atoms with E-state index in [1.165, 1.54) is 0 Å². The number of pyridine rings is 1. The number of alkyl halides is 2. The van der Waals surface area contributed by atoms with Crippen LogP contribution in [0.15, 0.2) is 6.07 Å². The number of halogens is 4. The average Bonchev–Trinajstić information content (AvgIpc) is 2.11. The zero-order chi connectivity index (χ0) is 10.7. The molecule has 0 radical (unpaired) electrons. The standard InChI is InChI=1S/C8H4ClF3N2/c9-7-5(10)3-4(1-2-13)6(14-7)8(11)12/h3,8H,1H2. The minimum absolute atomic E-state index is 0.135. The molecule has 0 bridgehead atoms. The highest BCUT2D eigenvalue weighted by Crippen LogP contribution is 2.25. The molecule has 0 unspecified atom stereocenters. The second kappa shape index (κ2) is 4.29. The van der Waals surface area contributed by atoms with E-state index in [1.54, 1.807) is 6.07 Å². The molecule has 6 heteroatoms. The maximum Gasteiger partial charge on any atom is 0.280 e. The van der Waals surface area contributed by atoms with Crippen LogP contribution < -0.4 is 0 Å². The summed E-state index contributed by atoms with van der Waals surface area (Å²) in [4.78, 5) is 3.18. The van der Waals surface area contributed by atoms with E-state index in [0.29, 0.717) is 0 Å². The van der Waals surface area contributed by atoms with E-state index in [-0.39, 0.29) is 12.0 Å². The van der Waals surface area contributed by atoms with Crippen LogP contribution in [0, 0.1) is 17.1 Å². The molecule has 0 atom stereocenters. The first-order valence-electron chi connectivity index (χ1n) is 3.56. The van der Waals surface area contributed by atoms with Crippen molar-refractivity contribution < 1.29 is 13.2 Å². The van der Waals surface area contributed by atoms with Crippen molar-refractivity contribution in [1.29, 1.82) is 5.26 Å². The van der Waals surface area contributed by atoms with Gasteiger partial charge in [0.2, 0.25) is 0 Å². The SMILES string of the molecule is N#CCc1cc(F)c(Cl)nc1C(F)F. The predicted octanol–water partition coefficient (Wildman–Crippen LogP) is 2.88. The number of aromatic nitrogens is 1. The lowest BCUT2D eigenvalue weighted by molar-refractivity contribution is 0.145. The Kier molecular flexibility index (Phi) is 3.31. The highest BCUT2D eigenvalue weighted by atomic mass is 35.5. The Labute approximate surface area is 82.9 Å². The Balaban J connectivity index is 3.25. The summed E-state index contributed by atoms with van der Waals surface area (Å²) in [5.74, 6) is -0.902. The summed E-state index contributed by atoms with van der Waals surface area (Å²) in [6.45, 7) is 0. The molecule has 1 rings (SSSR count). The third-order valence-electron chi connectivity index (χ3n) is 1.52. The fourth-order valence-electron chi connectivity index (χ4n) is 0.933. The summed E-state index contributed by atoms with van der Waals surface area (Å²) >= 11 is 5.23. The van der Waals surface area contributed by atoms with Crippen LogP contribution in [0.25, 0.3) is 0 Å². The van der Waals surface area contributed by atoms with Gasteiger partial charge in [0.25, 0.3) is 6.43 Å². The van der Waals surface area contributed by atoms with Gasteiger partial charge in [-0.1, -0.05) is 11.6 Å². The predicted molar refractivity (Wildman–Crippen MR) is 43.5 cm³/mol. The Bertz CT molecular complexity index is 387. The second-order valence-electron chi connectivity index (χ2n) is 2.44. The van der Waals surface area contributed by atoms with Crippen molar-refractivity contribution in [2.75, 3.05) is 0 Å². The van der Waals surface area contributed by atoms with E-state index >= 15 is 0 Å². The van der Waals surface area contributed by atoms with Crippen LogP contribution >= 0.6 is 11.6 Å². The minimum Gasteiger partial charge on any atom is -0.232 e. The van der Waals surface area contributed by atoms with Gasteiger partial charge in [-0.25, -0.2) is 18.2 Å². The smallest absolute Gasteiger partial charge is 0.232 e. The number of rotatable bonds is 2. The fourth-order valence-corrected chi connectivity index (χ4v) is 1.08. The van der Waals surface area contributed by atoms with Crippen molar-refractivity contribution in [3.05, 3.63) is 28.3 Å². The van der Waals surface area contributed by atoms with Gasteiger partial charge in [0.05, 0.1) is 12.5 Å². The number of hydrogen-bond acceptors (Lipinski definition) is 2. The third-order valence-corrected chi connectivity index (χ3v) is 1.79. The monoisotopic (exact) mass is 220 g/mol. The molecular formula is C8H4ClF3N2. The molecule has 0 aliphatic carbocycles. The summed E-state index contributed by atoms with van der Waals surface area (Å²) in [7, 11) is 0. The highest BCUT2D eigenvalue weighted by molar-refractivity contribution is 6.29. The quantitative estimate of drug-likeness (QED) is 0.719. The molecule has 0 N–H and O–H groups in total. The highest BCUT2D eigenvalue weighted by Gasteiger charge is 2.17. The normalized spacial score (nSPS) is 10.3. The Hall–Kier alpha value is -1.28. The molecule has 74 valence electrons. The van der Waals surface area contributed by atoms with Gasteiger partial charge in [-0.3, -0.25) is 0 Å². The maximum atomic E-state index is 12.8. The molecule has 0 aliphatic rings. The first-order valence-corrected chi connectivity index (χ1v) is 3.94. The lowest BCUT2D eigenvalue weighted by atomic mass is 10.1. The summed E-state index contributed by atoms with van der Waals surface area (Å²) in [5, 5.41) is 7.70. The number of nitrogens with zero attached hydrogens (tertiary/aromatic N) is 2. The average molecular weight is 221 g/mol. The largest absolute Gasteiger partial charge is 0.280 e. The molecule has 0 aromatic carbocycles. The van der Waals surface area contributed by atoms with Crippen LogP contribution in [0.4, 0.5) is 13.2 Å². The molecule has 14 heavy (non-hydrogen) atoms. The lowest BCUT2D eigenvalue weighted by Gasteiger charge is -2.05. The van der Waals surface area contributed by atoms with E-state index in [0.717, 1.165) is 6.07 Å². The van der Waals surface area contributed by atoms with Crippen LogP contribution in [-0.4, -0.2) is 4.98 Å².